The van der Waals surface area contributed by atoms with Gasteiger partial charge in [0.2, 0.25) is 5.43 Å². The average molecular weight is 342 g/mol. The van der Waals surface area contributed by atoms with Crippen molar-refractivity contribution in [2.24, 2.45) is 0 Å². The summed E-state index contributed by atoms with van der Waals surface area (Å²) in [6, 6.07) is 10.7. The molecule has 6 nitrogen and oxygen atoms in total. The number of rotatable bonds is 5. The molecule has 0 saturated carbocycles. The first-order valence-electron chi connectivity index (χ1n) is 8.51. The van der Waals surface area contributed by atoms with Crippen LogP contribution in [0.3, 0.4) is 0 Å². The molecule has 132 valence electrons. The van der Waals surface area contributed by atoms with E-state index in [-0.39, 0.29) is 17.7 Å². The molecule has 25 heavy (non-hydrogen) atoms. The highest BCUT2D eigenvalue weighted by Crippen LogP contribution is 2.19. The Kier molecular flexibility index (Phi) is 5.50. The second kappa shape index (κ2) is 7.98. The van der Waals surface area contributed by atoms with Crippen LogP contribution in [0.1, 0.15) is 35.4 Å². The van der Waals surface area contributed by atoms with Crippen LogP contribution in [0.25, 0.3) is 0 Å². The van der Waals surface area contributed by atoms with Gasteiger partial charge in [0.1, 0.15) is 12.0 Å². The molecule has 1 aliphatic rings. The lowest BCUT2D eigenvalue weighted by Gasteiger charge is -2.35. The molecule has 0 spiro atoms. The lowest BCUT2D eigenvalue weighted by atomic mass is 10.0. The number of nitrogens with one attached hydrogen (secondary N) is 1. The third-order valence-electron chi connectivity index (χ3n) is 4.51. The Labute approximate surface area is 146 Å². The zero-order valence-electron chi connectivity index (χ0n) is 14.0. The smallest absolute Gasteiger partial charge is 0.251 e. The minimum atomic E-state index is -0.438. The number of piperidine rings is 1. The van der Waals surface area contributed by atoms with Crippen molar-refractivity contribution in [3.63, 3.8) is 0 Å². The topological polar surface area (TPSA) is 82.8 Å². The Balaban J connectivity index is 1.61. The predicted molar refractivity (Wildman–Crippen MR) is 93.5 cm³/mol. The van der Waals surface area contributed by atoms with E-state index in [0.29, 0.717) is 24.4 Å². The fourth-order valence-corrected chi connectivity index (χ4v) is 3.13. The van der Waals surface area contributed by atoms with E-state index >= 15 is 0 Å². The second-order valence-corrected chi connectivity index (χ2v) is 6.29. The van der Waals surface area contributed by atoms with Crippen molar-refractivity contribution in [2.75, 3.05) is 13.1 Å². The molecule has 1 amide bonds. The van der Waals surface area contributed by atoms with Crippen molar-refractivity contribution in [3.05, 3.63) is 64.2 Å². The first kappa shape index (κ1) is 17.2. The van der Waals surface area contributed by atoms with Crippen LogP contribution < -0.4 is 10.7 Å². The van der Waals surface area contributed by atoms with Crippen LogP contribution >= 0.6 is 0 Å². The second-order valence-electron chi connectivity index (χ2n) is 6.29. The van der Waals surface area contributed by atoms with Crippen LogP contribution in [0.5, 0.6) is 5.75 Å². The highest BCUT2D eigenvalue weighted by atomic mass is 16.4. The Morgan fingerprint density at radius 3 is 2.84 bits per heavy atom. The number of amides is 1. The number of carbonyl (C=O) groups is 1. The van der Waals surface area contributed by atoms with Crippen molar-refractivity contribution in [3.8, 4) is 5.75 Å². The number of likely N-dealkylation sites (tertiary alicyclic amines) is 1. The normalized spacial score (nSPS) is 18.0. The summed E-state index contributed by atoms with van der Waals surface area (Å²) in [5.74, 6) is 0.0560. The maximum absolute atomic E-state index is 12.2. The van der Waals surface area contributed by atoms with Gasteiger partial charge in [0.05, 0.1) is 6.54 Å². The molecular weight excluding hydrogens is 320 g/mol. The maximum atomic E-state index is 12.2. The molecule has 1 fully saturated rings. The fraction of sp³-hybridized carbons (Fsp3) is 0.368. The quantitative estimate of drug-likeness (QED) is 0.870. The van der Waals surface area contributed by atoms with Gasteiger partial charge in [-0.1, -0.05) is 24.6 Å². The van der Waals surface area contributed by atoms with Gasteiger partial charge in [0, 0.05) is 24.2 Å². The van der Waals surface area contributed by atoms with Gasteiger partial charge in [0.15, 0.2) is 5.75 Å². The van der Waals surface area contributed by atoms with E-state index < -0.39 is 5.43 Å². The Hall–Kier alpha value is -2.60. The van der Waals surface area contributed by atoms with Crippen LogP contribution in [0.15, 0.2) is 51.9 Å². The summed E-state index contributed by atoms with van der Waals surface area (Å²) < 4.78 is 5.31. The molecule has 1 aromatic carbocycles. The summed E-state index contributed by atoms with van der Waals surface area (Å²) in [6.45, 7) is 1.92. The minimum absolute atomic E-state index is 0.0812. The lowest BCUT2D eigenvalue weighted by molar-refractivity contribution is 0.0898. The van der Waals surface area contributed by atoms with Crippen molar-refractivity contribution in [1.82, 2.24) is 10.2 Å². The molecule has 2 N–H and O–H groups in total. The highest BCUT2D eigenvalue weighted by molar-refractivity contribution is 5.94. The number of aromatic hydroxyl groups is 1. The van der Waals surface area contributed by atoms with Crippen molar-refractivity contribution >= 4 is 5.91 Å². The summed E-state index contributed by atoms with van der Waals surface area (Å²) in [6.07, 6.45) is 4.25. The maximum Gasteiger partial charge on any atom is 0.251 e. The van der Waals surface area contributed by atoms with Gasteiger partial charge in [-0.2, -0.15) is 0 Å². The number of nitrogens with zero attached hydrogens (tertiary/aromatic N) is 1. The van der Waals surface area contributed by atoms with E-state index in [1.165, 1.54) is 6.07 Å². The van der Waals surface area contributed by atoms with E-state index in [4.69, 9.17) is 4.42 Å². The van der Waals surface area contributed by atoms with Crippen LogP contribution in [-0.4, -0.2) is 35.0 Å². The molecule has 0 bridgehead atoms. The molecule has 1 saturated heterocycles. The van der Waals surface area contributed by atoms with Crippen LogP contribution in [0.4, 0.5) is 0 Å². The molecule has 0 aliphatic carbocycles. The molecule has 0 unspecified atom stereocenters. The zero-order valence-corrected chi connectivity index (χ0v) is 14.0. The van der Waals surface area contributed by atoms with Gasteiger partial charge < -0.3 is 14.8 Å². The van der Waals surface area contributed by atoms with Gasteiger partial charge in [-0.05, 0) is 31.5 Å². The van der Waals surface area contributed by atoms with Crippen LogP contribution in [-0.2, 0) is 6.54 Å². The third-order valence-corrected chi connectivity index (χ3v) is 4.51. The van der Waals surface area contributed by atoms with Gasteiger partial charge >= 0.3 is 0 Å². The van der Waals surface area contributed by atoms with Crippen LogP contribution in [0.2, 0.25) is 0 Å². The molecule has 2 aromatic rings. The van der Waals surface area contributed by atoms with Gasteiger partial charge in [0.25, 0.3) is 5.91 Å². The first-order valence-corrected chi connectivity index (χ1v) is 8.51. The van der Waals surface area contributed by atoms with Crippen molar-refractivity contribution in [2.45, 2.75) is 31.8 Å². The molecule has 6 heteroatoms. The summed E-state index contributed by atoms with van der Waals surface area (Å²) >= 11 is 0. The molecule has 1 atom stereocenters. The Morgan fingerprint density at radius 1 is 1.28 bits per heavy atom. The van der Waals surface area contributed by atoms with E-state index in [1.807, 2.05) is 18.2 Å². The number of carbonyl (C=O) groups excluding carboxylic acids is 1. The number of hydrogen-bond donors (Lipinski definition) is 2. The van der Waals surface area contributed by atoms with Gasteiger partial charge in [-0.3, -0.25) is 14.5 Å². The summed E-state index contributed by atoms with van der Waals surface area (Å²) in [5, 5.41) is 12.3. The molecule has 3 rings (SSSR count). The van der Waals surface area contributed by atoms with E-state index in [0.717, 1.165) is 32.1 Å². The fourth-order valence-electron chi connectivity index (χ4n) is 3.13. The number of hydrogen-bond acceptors (Lipinski definition) is 5. The predicted octanol–water partition coefficient (Wildman–Crippen LogP) is 2.13. The molecule has 0 radical (unpaired) electrons. The zero-order chi connectivity index (χ0) is 17.6. The molecular formula is C19H22N2O4. The average Bonchev–Trinajstić information content (AvgIpc) is 2.64. The minimum Gasteiger partial charge on any atom is -0.502 e. The summed E-state index contributed by atoms with van der Waals surface area (Å²) in [7, 11) is 0. The summed E-state index contributed by atoms with van der Waals surface area (Å²) in [4.78, 5) is 26.0. The lowest BCUT2D eigenvalue weighted by Crippen LogP contribution is -2.46. The monoisotopic (exact) mass is 342 g/mol. The van der Waals surface area contributed by atoms with E-state index in [9.17, 15) is 14.7 Å². The first-order chi connectivity index (χ1) is 12.1. The molecule has 1 aliphatic heterocycles. The summed E-state index contributed by atoms with van der Waals surface area (Å²) in [5.41, 5.74) is 0.210. The van der Waals surface area contributed by atoms with E-state index in [1.54, 1.807) is 12.1 Å². The molecule has 2 heterocycles. The third kappa shape index (κ3) is 4.48. The SMILES string of the molecule is O=C(NC[C@H]1CCCCN1Cc1cc(=O)c(O)co1)c1ccccc1. The highest BCUT2D eigenvalue weighted by Gasteiger charge is 2.24. The van der Waals surface area contributed by atoms with Gasteiger partial charge in [-0.15, -0.1) is 0 Å². The van der Waals surface area contributed by atoms with Gasteiger partial charge in [-0.25, -0.2) is 0 Å². The Bertz CT molecular complexity index is 772. The van der Waals surface area contributed by atoms with Crippen molar-refractivity contribution in [1.29, 1.82) is 0 Å². The van der Waals surface area contributed by atoms with E-state index in [2.05, 4.69) is 10.2 Å². The standard InChI is InChI=1S/C19H22N2O4/c22-17-10-16(25-13-18(17)23)12-21-9-5-4-8-15(21)11-20-19(24)14-6-2-1-3-7-14/h1-3,6-7,10,13,15,23H,4-5,8-9,11-12H2,(H,20,24)/t15-/m1/s1. The largest absolute Gasteiger partial charge is 0.502 e. The van der Waals surface area contributed by atoms with Crippen molar-refractivity contribution < 1.29 is 14.3 Å². The Morgan fingerprint density at radius 2 is 2.08 bits per heavy atom. The van der Waals surface area contributed by atoms with Crippen LogP contribution in [0, 0.1) is 0 Å². The molecule has 1 aromatic heterocycles. The number of benzene rings is 1.